The highest BCUT2D eigenvalue weighted by atomic mass is 32.2. The Morgan fingerprint density at radius 2 is 1.91 bits per heavy atom. The number of nitrogens with zero attached hydrogens (tertiary/aromatic N) is 3. The van der Waals surface area contributed by atoms with E-state index in [2.05, 4.69) is 5.10 Å². The first-order chi connectivity index (χ1) is 10.7. The van der Waals surface area contributed by atoms with Crippen molar-refractivity contribution in [3.63, 3.8) is 0 Å². The van der Waals surface area contributed by atoms with Gasteiger partial charge in [-0.2, -0.15) is 9.40 Å². The number of aryl methyl sites for hydroxylation is 3. The summed E-state index contributed by atoms with van der Waals surface area (Å²) in [6.07, 6.45) is 0. The molecule has 0 N–H and O–H groups in total. The van der Waals surface area contributed by atoms with Crippen LogP contribution in [-0.4, -0.2) is 29.6 Å². The van der Waals surface area contributed by atoms with Crippen molar-refractivity contribution in [1.82, 2.24) is 14.1 Å². The van der Waals surface area contributed by atoms with Crippen LogP contribution in [0.25, 0.3) is 0 Å². The van der Waals surface area contributed by atoms with Crippen LogP contribution in [0, 0.1) is 26.6 Å². The molecule has 0 aliphatic heterocycles. The quantitative estimate of drug-likeness (QED) is 0.842. The lowest BCUT2D eigenvalue weighted by molar-refractivity contribution is 0.465. The van der Waals surface area contributed by atoms with Gasteiger partial charge in [0.1, 0.15) is 10.7 Å². The molecule has 1 heterocycles. The van der Waals surface area contributed by atoms with Gasteiger partial charge in [-0.1, -0.05) is 12.1 Å². The topological polar surface area (TPSA) is 55.2 Å². The maximum atomic E-state index is 13.3. The Kier molecular flexibility index (Phi) is 4.91. The molecule has 1 aromatic heterocycles. The van der Waals surface area contributed by atoms with E-state index in [0.717, 1.165) is 5.56 Å². The summed E-state index contributed by atoms with van der Waals surface area (Å²) in [4.78, 5) is 0.251. The number of benzene rings is 1. The molecule has 0 aliphatic rings. The number of rotatable bonds is 5. The highest BCUT2D eigenvalue weighted by molar-refractivity contribution is 7.89. The van der Waals surface area contributed by atoms with Gasteiger partial charge < -0.3 is 0 Å². The molecule has 0 unspecified atom stereocenters. The van der Waals surface area contributed by atoms with Crippen LogP contribution in [-0.2, 0) is 23.1 Å². The molecule has 2 aromatic rings. The molecule has 126 valence electrons. The first-order valence-corrected chi connectivity index (χ1v) is 8.87. The molecule has 0 aliphatic carbocycles. The van der Waals surface area contributed by atoms with Gasteiger partial charge in [0, 0.05) is 20.1 Å². The predicted molar refractivity (Wildman–Crippen MR) is 87.2 cm³/mol. The molecule has 0 bridgehead atoms. The second-order valence-corrected chi connectivity index (χ2v) is 7.64. The number of sulfonamides is 1. The molecule has 0 saturated carbocycles. The van der Waals surface area contributed by atoms with Crippen LogP contribution in [0.1, 0.15) is 29.4 Å². The zero-order valence-corrected chi connectivity index (χ0v) is 14.9. The van der Waals surface area contributed by atoms with Gasteiger partial charge in [0.25, 0.3) is 0 Å². The highest BCUT2D eigenvalue weighted by Crippen LogP contribution is 2.24. The highest BCUT2D eigenvalue weighted by Gasteiger charge is 2.28. The van der Waals surface area contributed by atoms with Crippen molar-refractivity contribution in [2.24, 2.45) is 0 Å². The molecule has 7 heteroatoms. The van der Waals surface area contributed by atoms with Crippen LogP contribution >= 0.6 is 0 Å². The Morgan fingerprint density at radius 3 is 2.43 bits per heavy atom. The summed E-state index contributed by atoms with van der Waals surface area (Å²) in [6.45, 7) is 7.82. The monoisotopic (exact) mass is 339 g/mol. The number of aromatic nitrogens is 2. The summed E-state index contributed by atoms with van der Waals surface area (Å²) in [5, 5.41) is 4.27. The minimum Gasteiger partial charge on any atom is -0.268 e. The Labute approximate surface area is 136 Å². The van der Waals surface area contributed by atoms with Crippen molar-refractivity contribution in [3.05, 3.63) is 46.5 Å². The average molecular weight is 339 g/mol. The van der Waals surface area contributed by atoms with Crippen LogP contribution in [0.4, 0.5) is 4.39 Å². The third-order valence-corrected chi connectivity index (χ3v) is 5.97. The summed E-state index contributed by atoms with van der Waals surface area (Å²) in [5.41, 5.74) is 2.37. The third kappa shape index (κ3) is 3.30. The standard InChI is InChI=1S/C16H22FN3O2S/c1-6-20-13(4)16(12(3)18-20)23(21,22)19(5)10-14-7-8-15(17)11(2)9-14/h7-9H,6,10H2,1-5H3. The molecular formula is C16H22FN3O2S. The molecule has 0 saturated heterocycles. The van der Waals surface area contributed by atoms with Crippen molar-refractivity contribution >= 4 is 10.0 Å². The molecule has 2 rings (SSSR count). The number of hydrogen-bond donors (Lipinski definition) is 0. The van der Waals surface area contributed by atoms with Crippen LogP contribution in [0.2, 0.25) is 0 Å². The average Bonchev–Trinajstić information content (AvgIpc) is 2.77. The van der Waals surface area contributed by atoms with Crippen molar-refractivity contribution in [2.75, 3.05) is 7.05 Å². The van der Waals surface area contributed by atoms with Crippen LogP contribution in [0.15, 0.2) is 23.1 Å². The molecule has 0 amide bonds. The van der Waals surface area contributed by atoms with Gasteiger partial charge in [-0.25, -0.2) is 12.8 Å². The summed E-state index contributed by atoms with van der Waals surface area (Å²) in [7, 11) is -2.13. The van der Waals surface area contributed by atoms with Crippen molar-refractivity contribution < 1.29 is 12.8 Å². The fourth-order valence-corrected chi connectivity index (χ4v) is 4.19. The maximum absolute atomic E-state index is 13.3. The summed E-state index contributed by atoms with van der Waals surface area (Å²) < 4.78 is 42.0. The van der Waals surface area contributed by atoms with Gasteiger partial charge in [-0.15, -0.1) is 0 Å². The Bertz CT molecular complexity index is 828. The molecule has 23 heavy (non-hydrogen) atoms. The Balaban J connectivity index is 2.35. The molecule has 0 spiro atoms. The minimum atomic E-state index is -3.65. The van der Waals surface area contributed by atoms with E-state index in [4.69, 9.17) is 0 Å². The summed E-state index contributed by atoms with van der Waals surface area (Å²) in [5.74, 6) is -0.296. The Morgan fingerprint density at radius 1 is 1.26 bits per heavy atom. The minimum absolute atomic E-state index is 0.180. The van der Waals surface area contributed by atoms with Gasteiger partial charge in [0.05, 0.1) is 11.4 Å². The van der Waals surface area contributed by atoms with E-state index in [-0.39, 0.29) is 17.3 Å². The molecular weight excluding hydrogens is 317 g/mol. The largest absolute Gasteiger partial charge is 0.268 e. The van der Waals surface area contributed by atoms with Crippen molar-refractivity contribution in [1.29, 1.82) is 0 Å². The van der Waals surface area contributed by atoms with Crippen LogP contribution in [0.3, 0.4) is 0 Å². The third-order valence-electron chi connectivity index (χ3n) is 3.91. The van der Waals surface area contributed by atoms with Gasteiger partial charge in [0.15, 0.2) is 0 Å². The first-order valence-electron chi connectivity index (χ1n) is 7.43. The molecule has 5 nitrogen and oxygen atoms in total. The van der Waals surface area contributed by atoms with Gasteiger partial charge in [-0.3, -0.25) is 4.68 Å². The zero-order chi connectivity index (χ0) is 17.4. The summed E-state index contributed by atoms with van der Waals surface area (Å²) >= 11 is 0. The molecule has 0 fully saturated rings. The fourth-order valence-electron chi connectivity index (χ4n) is 2.66. The molecule has 0 radical (unpaired) electrons. The Hall–Kier alpha value is -1.73. The van der Waals surface area contributed by atoms with E-state index < -0.39 is 10.0 Å². The van der Waals surface area contributed by atoms with E-state index in [9.17, 15) is 12.8 Å². The second-order valence-electron chi connectivity index (χ2n) is 5.66. The first kappa shape index (κ1) is 17.6. The number of halogens is 1. The fraction of sp³-hybridized carbons (Fsp3) is 0.438. The lowest BCUT2D eigenvalue weighted by Gasteiger charge is -2.18. The normalized spacial score (nSPS) is 12.1. The van der Waals surface area contributed by atoms with Gasteiger partial charge in [0.2, 0.25) is 10.0 Å². The lowest BCUT2D eigenvalue weighted by Crippen LogP contribution is -2.27. The van der Waals surface area contributed by atoms with E-state index >= 15 is 0 Å². The second kappa shape index (κ2) is 6.41. The van der Waals surface area contributed by atoms with Crippen LogP contribution in [0.5, 0.6) is 0 Å². The molecule has 1 aromatic carbocycles. The van der Waals surface area contributed by atoms with E-state index in [0.29, 0.717) is 23.5 Å². The van der Waals surface area contributed by atoms with Crippen LogP contribution < -0.4 is 0 Å². The van der Waals surface area contributed by atoms with E-state index in [1.807, 2.05) is 6.92 Å². The van der Waals surface area contributed by atoms with E-state index in [1.54, 1.807) is 37.6 Å². The predicted octanol–water partition coefficient (Wildman–Crippen LogP) is 2.79. The molecule has 0 atom stereocenters. The van der Waals surface area contributed by atoms with Gasteiger partial charge in [-0.05, 0) is 44.9 Å². The smallest absolute Gasteiger partial charge is 0.246 e. The lowest BCUT2D eigenvalue weighted by atomic mass is 10.1. The maximum Gasteiger partial charge on any atom is 0.246 e. The van der Waals surface area contributed by atoms with Gasteiger partial charge >= 0.3 is 0 Å². The zero-order valence-electron chi connectivity index (χ0n) is 14.1. The summed E-state index contributed by atoms with van der Waals surface area (Å²) in [6, 6.07) is 4.62. The van der Waals surface area contributed by atoms with Crippen molar-refractivity contribution in [2.45, 2.75) is 45.7 Å². The SMILES string of the molecule is CCn1nc(C)c(S(=O)(=O)N(C)Cc2ccc(F)c(C)c2)c1C. The van der Waals surface area contributed by atoms with E-state index in [1.165, 1.54) is 17.4 Å². The van der Waals surface area contributed by atoms with Crippen molar-refractivity contribution in [3.8, 4) is 0 Å². The number of hydrogen-bond acceptors (Lipinski definition) is 3.